The molecular formula is C15H21N3S. The van der Waals surface area contributed by atoms with Crippen LogP contribution in [0.25, 0.3) is 0 Å². The van der Waals surface area contributed by atoms with Gasteiger partial charge in [0.25, 0.3) is 0 Å². The molecule has 0 aliphatic heterocycles. The summed E-state index contributed by atoms with van der Waals surface area (Å²) in [5.41, 5.74) is 3.95. The first kappa shape index (κ1) is 14.0. The van der Waals surface area contributed by atoms with Crippen LogP contribution in [-0.2, 0) is 0 Å². The summed E-state index contributed by atoms with van der Waals surface area (Å²) in [6.45, 7) is 2.28. The van der Waals surface area contributed by atoms with E-state index in [4.69, 9.17) is 12.2 Å². The number of benzene rings is 1. The van der Waals surface area contributed by atoms with Crippen LogP contribution in [0.5, 0.6) is 0 Å². The zero-order valence-electron chi connectivity index (χ0n) is 11.3. The standard InChI is InChI=1S/C15H21N3S/c1-12-7-5-6-10-14(12)17-15(19)18-16-11-13-8-3-2-4-9-13/h2-4,8-9,11-12,14H,5-7,10H2,1H3,(H2,17,18,19)/b16-11-/t12-,14-/m1/s1. The predicted molar refractivity (Wildman–Crippen MR) is 84.3 cm³/mol. The summed E-state index contributed by atoms with van der Waals surface area (Å²) in [4.78, 5) is 0. The molecule has 1 saturated carbocycles. The average molecular weight is 275 g/mol. The Bertz CT molecular complexity index is 430. The van der Waals surface area contributed by atoms with Gasteiger partial charge in [0, 0.05) is 6.04 Å². The lowest BCUT2D eigenvalue weighted by Crippen LogP contribution is -2.44. The van der Waals surface area contributed by atoms with E-state index in [0.29, 0.717) is 17.1 Å². The molecule has 0 aromatic heterocycles. The van der Waals surface area contributed by atoms with Crippen molar-refractivity contribution in [3.63, 3.8) is 0 Å². The van der Waals surface area contributed by atoms with Gasteiger partial charge in [-0.15, -0.1) is 0 Å². The lowest BCUT2D eigenvalue weighted by atomic mass is 9.86. The minimum atomic E-state index is 0.487. The van der Waals surface area contributed by atoms with Crippen LogP contribution in [0.4, 0.5) is 0 Å². The molecule has 3 nitrogen and oxygen atoms in total. The minimum Gasteiger partial charge on any atom is -0.358 e. The molecule has 1 aromatic rings. The highest BCUT2D eigenvalue weighted by Gasteiger charge is 2.21. The first-order chi connectivity index (χ1) is 9.25. The summed E-state index contributed by atoms with van der Waals surface area (Å²) in [6, 6.07) is 10.5. The molecule has 19 heavy (non-hydrogen) atoms. The quantitative estimate of drug-likeness (QED) is 0.506. The van der Waals surface area contributed by atoms with E-state index in [2.05, 4.69) is 22.8 Å². The van der Waals surface area contributed by atoms with Crippen molar-refractivity contribution in [1.29, 1.82) is 0 Å². The molecule has 1 aliphatic rings. The Hall–Kier alpha value is -1.42. The van der Waals surface area contributed by atoms with Crippen LogP contribution in [-0.4, -0.2) is 17.4 Å². The maximum absolute atomic E-state index is 5.27. The molecule has 0 spiro atoms. The maximum Gasteiger partial charge on any atom is 0.187 e. The fourth-order valence-corrected chi connectivity index (χ4v) is 2.64. The van der Waals surface area contributed by atoms with E-state index in [1.807, 2.05) is 30.3 Å². The highest BCUT2D eigenvalue weighted by molar-refractivity contribution is 7.80. The molecule has 2 atom stereocenters. The van der Waals surface area contributed by atoms with Crippen molar-refractivity contribution in [3.05, 3.63) is 35.9 Å². The number of nitrogens with one attached hydrogen (secondary N) is 2. The molecule has 0 saturated heterocycles. The Morgan fingerprint density at radius 1 is 1.26 bits per heavy atom. The zero-order chi connectivity index (χ0) is 13.5. The first-order valence-electron chi connectivity index (χ1n) is 6.90. The summed E-state index contributed by atoms with van der Waals surface area (Å²) >= 11 is 5.27. The lowest BCUT2D eigenvalue weighted by Gasteiger charge is -2.30. The third-order valence-electron chi connectivity index (χ3n) is 3.61. The van der Waals surface area contributed by atoms with Gasteiger partial charge in [0.1, 0.15) is 0 Å². The number of hydrogen-bond donors (Lipinski definition) is 2. The van der Waals surface area contributed by atoms with E-state index < -0.39 is 0 Å². The van der Waals surface area contributed by atoms with Crippen molar-refractivity contribution in [2.75, 3.05) is 0 Å². The van der Waals surface area contributed by atoms with E-state index in [1.165, 1.54) is 25.7 Å². The van der Waals surface area contributed by atoms with E-state index in [9.17, 15) is 0 Å². The van der Waals surface area contributed by atoms with Crippen molar-refractivity contribution in [1.82, 2.24) is 10.7 Å². The Labute approximate surface area is 120 Å². The van der Waals surface area contributed by atoms with Gasteiger partial charge >= 0.3 is 0 Å². The first-order valence-corrected chi connectivity index (χ1v) is 7.31. The van der Waals surface area contributed by atoms with E-state index in [-0.39, 0.29) is 0 Å². The second kappa shape index (κ2) is 7.24. The SMILES string of the molecule is C[C@@H]1CCCC[C@H]1NC(=S)N/N=C\c1ccccc1. The second-order valence-corrected chi connectivity index (χ2v) is 5.53. The summed E-state index contributed by atoms with van der Waals surface area (Å²) in [6.07, 6.45) is 6.89. The summed E-state index contributed by atoms with van der Waals surface area (Å²) in [7, 11) is 0. The van der Waals surface area contributed by atoms with Gasteiger partial charge in [0.05, 0.1) is 6.21 Å². The van der Waals surface area contributed by atoms with Gasteiger partial charge in [0.15, 0.2) is 5.11 Å². The number of hydrazone groups is 1. The van der Waals surface area contributed by atoms with Crippen LogP contribution in [0.1, 0.15) is 38.2 Å². The second-order valence-electron chi connectivity index (χ2n) is 5.12. The molecule has 2 rings (SSSR count). The van der Waals surface area contributed by atoms with Crippen molar-refractivity contribution in [2.45, 2.75) is 38.6 Å². The van der Waals surface area contributed by atoms with Gasteiger partial charge in [-0.1, -0.05) is 50.1 Å². The molecule has 0 radical (unpaired) electrons. The predicted octanol–water partition coefficient (Wildman–Crippen LogP) is 3.06. The van der Waals surface area contributed by atoms with Crippen LogP contribution >= 0.6 is 12.2 Å². The van der Waals surface area contributed by atoms with Crippen molar-refractivity contribution >= 4 is 23.5 Å². The average Bonchev–Trinajstić information content (AvgIpc) is 2.43. The third kappa shape index (κ3) is 4.63. The molecule has 102 valence electrons. The molecule has 1 fully saturated rings. The third-order valence-corrected chi connectivity index (χ3v) is 3.82. The van der Waals surface area contributed by atoms with E-state index in [1.54, 1.807) is 6.21 Å². The monoisotopic (exact) mass is 275 g/mol. The fourth-order valence-electron chi connectivity index (χ4n) is 2.44. The normalized spacial score (nSPS) is 23.2. The number of nitrogens with zero attached hydrogens (tertiary/aromatic N) is 1. The Morgan fingerprint density at radius 2 is 2.00 bits per heavy atom. The van der Waals surface area contributed by atoms with E-state index >= 15 is 0 Å². The summed E-state index contributed by atoms with van der Waals surface area (Å²) in [5.74, 6) is 0.687. The van der Waals surface area contributed by atoms with Crippen LogP contribution < -0.4 is 10.7 Å². The zero-order valence-corrected chi connectivity index (χ0v) is 12.1. The smallest absolute Gasteiger partial charge is 0.187 e. The van der Waals surface area contributed by atoms with Gasteiger partial charge in [-0.25, -0.2) is 0 Å². The van der Waals surface area contributed by atoms with Crippen molar-refractivity contribution in [3.8, 4) is 0 Å². The lowest BCUT2D eigenvalue weighted by molar-refractivity contribution is 0.308. The number of rotatable bonds is 3. The molecular weight excluding hydrogens is 254 g/mol. The van der Waals surface area contributed by atoms with Gasteiger partial charge in [0.2, 0.25) is 0 Å². The van der Waals surface area contributed by atoms with Gasteiger partial charge in [-0.2, -0.15) is 5.10 Å². The van der Waals surface area contributed by atoms with Gasteiger partial charge in [-0.3, -0.25) is 5.43 Å². The molecule has 0 amide bonds. The van der Waals surface area contributed by atoms with E-state index in [0.717, 1.165) is 5.56 Å². The number of hydrogen-bond acceptors (Lipinski definition) is 2. The largest absolute Gasteiger partial charge is 0.358 e. The molecule has 4 heteroatoms. The minimum absolute atomic E-state index is 0.487. The number of thiocarbonyl (C=S) groups is 1. The molecule has 0 bridgehead atoms. The van der Waals surface area contributed by atoms with Crippen LogP contribution in [0.3, 0.4) is 0 Å². The highest BCUT2D eigenvalue weighted by atomic mass is 32.1. The molecule has 1 aliphatic carbocycles. The summed E-state index contributed by atoms with van der Waals surface area (Å²) < 4.78 is 0. The highest BCUT2D eigenvalue weighted by Crippen LogP contribution is 2.23. The van der Waals surface area contributed by atoms with Crippen LogP contribution in [0.2, 0.25) is 0 Å². The topological polar surface area (TPSA) is 36.4 Å². The van der Waals surface area contributed by atoms with Crippen LogP contribution in [0.15, 0.2) is 35.4 Å². The Morgan fingerprint density at radius 3 is 2.74 bits per heavy atom. The van der Waals surface area contributed by atoms with Crippen molar-refractivity contribution < 1.29 is 0 Å². The Balaban J connectivity index is 1.77. The molecule has 1 aromatic carbocycles. The molecule has 0 unspecified atom stereocenters. The van der Waals surface area contributed by atoms with Gasteiger partial charge in [-0.05, 0) is 36.5 Å². The van der Waals surface area contributed by atoms with Crippen LogP contribution in [0, 0.1) is 5.92 Å². The van der Waals surface area contributed by atoms with Gasteiger partial charge < -0.3 is 5.32 Å². The fraction of sp³-hybridized carbons (Fsp3) is 0.467. The molecule has 0 heterocycles. The van der Waals surface area contributed by atoms with Crippen molar-refractivity contribution in [2.24, 2.45) is 11.0 Å². The maximum atomic E-state index is 5.27. The summed E-state index contributed by atoms with van der Waals surface area (Å²) in [5, 5.41) is 8.13. The molecule has 2 N–H and O–H groups in total. The Kier molecular flexibility index (Phi) is 5.33.